The summed E-state index contributed by atoms with van der Waals surface area (Å²) < 4.78 is 2.04. The Morgan fingerprint density at radius 1 is 1.08 bits per heavy atom. The lowest BCUT2D eigenvalue weighted by molar-refractivity contribution is 0.101. The Balaban J connectivity index is 1.69. The zero-order valence-corrected chi connectivity index (χ0v) is 14.2. The number of nitrogens with one attached hydrogen (secondary N) is 1. The molecule has 0 aliphatic carbocycles. The fourth-order valence-electron chi connectivity index (χ4n) is 2.55. The first-order valence-electron chi connectivity index (χ1n) is 8.02. The molecule has 5 nitrogen and oxygen atoms in total. The Hall–Kier alpha value is -3.21. The number of carbonyl (C=O) groups excluding carboxylic acids is 2. The van der Waals surface area contributed by atoms with Gasteiger partial charge in [-0.05, 0) is 43.7 Å². The molecule has 0 saturated carbocycles. The summed E-state index contributed by atoms with van der Waals surface area (Å²) in [6, 6.07) is 14.4. The zero-order valence-electron chi connectivity index (χ0n) is 14.2. The van der Waals surface area contributed by atoms with Gasteiger partial charge in [-0.2, -0.15) is 0 Å². The lowest BCUT2D eigenvalue weighted by Crippen LogP contribution is -2.12. The van der Waals surface area contributed by atoms with Crippen molar-refractivity contribution in [2.45, 2.75) is 20.4 Å². The Morgan fingerprint density at radius 3 is 2.48 bits per heavy atom. The molecule has 0 saturated heterocycles. The Kier molecular flexibility index (Phi) is 4.75. The number of nitrogens with zero attached hydrogens (tertiary/aromatic N) is 2. The van der Waals surface area contributed by atoms with Gasteiger partial charge in [0.25, 0.3) is 5.91 Å². The molecule has 126 valence electrons. The van der Waals surface area contributed by atoms with Gasteiger partial charge in [0, 0.05) is 35.8 Å². The van der Waals surface area contributed by atoms with Gasteiger partial charge in [-0.15, -0.1) is 0 Å². The van der Waals surface area contributed by atoms with E-state index in [4.69, 9.17) is 0 Å². The average molecular weight is 333 g/mol. The minimum atomic E-state index is -0.203. The van der Waals surface area contributed by atoms with Crippen LogP contribution in [0.15, 0.2) is 60.9 Å². The normalized spacial score (nSPS) is 10.5. The molecule has 3 rings (SSSR count). The Labute approximate surface area is 146 Å². The van der Waals surface area contributed by atoms with Gasteiger partial charge in [-0.1, -0.05) is 24.3 Å². The summed E-state index contributed by atoms with van der Waals surface area (Å²) in [4.78, 5) is 28.0. The fraction of sp³-hybridized carbons (Fsp3) is 0.150. The van der Waals surface area contributed by atoms with E-state index >= 15 is 0 Å². The van der Waals surface area contributed by atoms with E-state index in [1.165, 1.54) is 6.92 Å². The summed E-state index contributed by atoms with van der Waals surface area (Å²) in [5.74, 6) is 0.716. The molecule has 0 bridgehead atoms. The number of hydrogen-bond acceptors (Lipinski definition) is 3. The van der Waals surface area contributed by atoms with Gasteiger partial charge in [0.05, 0.1) is 0 Å². The third-order valence-corrected chi connectivity index (χ3v) is 4.02. The number of rotatable bonds is 5. The predicted octanol–water partition coefficient (Wildman–Crippen LogP) is 3.69. The van der Waals surface area contributed by atoms with Crippen LogP contribution in [-0.2, 0) is 6.54 Å². The number of aromatic nitrogens is 2. The summed E-state index contributed by atoms with van der Waals surface area (Å²) in [7, 11) is 0. The number of aryl methyl sites for hydroxylation is 1. The molecule has 0 spiro atoms. The third kappa shape index (κ3) is 4.01. The second-order valence-corrected chi connectivity index (χ2v) is 5.89. The van der Waals surface area contributed by atoms with Crippen molar-refractivity contribution >= 4 is 17.4 Å². The second kappa shape index (κ2) is 7.13. The minimum absolute atomic E-state index is 0.0322. The van der Waals surface area contributed by atoms with Crippen molar-refractivity contribution in [3.8, 4) is 0 Å². The second-order valence-electron chi connectivity index (χ2n) is 5.89. The monoisotopic (exact) mass is 333 g/mol. The van der Waals surface area contributed by atoms with Crippen molar-refractivity contribution in [3.63, 3.8) is 0 Å². The summed E-state index contributed by atoms with van der Waals surface area (Å²) in [5, 5.41) is 2.82. The first-order valence-corrected chi connectivity index (χ1v) is 8.02. The molecule has 0 atom stereocenters. The Bertz CT molecular complexity index is 911. The van der Waals surface area contributed by atoms with Gasteiger partial charge in [0.2, 0.25) is 0 Å². The van der Waals surface area contributed by atoms with Crippen molar-refractivity contribution < 1.29 is 9.59 Å². The van der Waals surface area contributed by atoms with E-state index in [2.05, 4.69) is 10.3 Å². The van der Waals surface area contributed by atoms with Crippen LogP contribution in [0.25, 0.3) is 0 Å². The maximum Gasteiger partial charge on any atom is 0.255 e. The van der Waals surface area contributed by atoms with Crippen LogP contribution >= 0.6 is 0 Å². The highest BCUT2D eigenvalue weighted by molar-refractivity contribution is 6.05. The molecule has 0 radical (unpaired) electrons. The molecule has 1 aromatic heterocycles. The van der Waals surface area contributed by atoms with E-state index in [0.717, 1.165) is 11.4 Å². The molecule has 5 heteroatoms. The quantitative estimate of drug-likeness (QED) is 0.724. The number of amides is 1. The number of imidazole rings is 1. The van der Waals surface area contributed by atoms with Gasteiger partial charge in [0.15, 0.2) is 5.78 Å². The highest BCUT2D eigenvalue weighted by Gasteiger charge is 2.08. The van der Waals surface area contributed by atoms with E-state index in [-0.39, 0.29) is 11.7 Å². The molecule has 1 N–H and O–H groups in total. The standard InChI is InChI=1S/C20H19N3O2/c1-14(24)18-4-3-5-19(12-18)22-20(25)17-8-6-16(7-9-17)13-23-11-10-21-15(23)2/h3-12H,13H2,1-2H3,(H,22,25). The van der Waals surface area contributed by atoms with Crippen molar-refractivity contribution in [2.75, 3.05) is 5.32 Å². The molecule has 0 fully saturated rings. The molecule has 1 heterocycles. The number of benzene rings is 2. The topological polar surface area (TPSA) is 64.0 Å². The molecule has 0 aliphatic rings. The maximum absolute atomic E-state index is 12.4. The van der Waals surface area contributed by atoms with Crippen molar-refractivity contribution in [1.82, 2.24) is 9.55 Å². The van der Waals surface area contributed by atoms with Gasteiger partial charge in [-0.3, -0.25) is 9.59 Å². The van der Waals surface area contributed by atoms with E-state index in [9.17, 15) is 9.59 Å². The third-order valence-electron chi connectivity index (χ3n) is 4.02. The van der Waals surface area contributed by atoms with Crippen molar-refractivity contribution in [1.29, 1.82) is 0 Å². The van der Waals surface area contributed by atoms with Crippen LogP contribution in [0.5, 0.6) is 0 Å². The van der Waals surface area contributed by atoms with Gasteiger partial charge < -0.3 is 9.88 Å². The summed E-state index contributed by atoms with van der Waals surface area (Å²) in [6.07, 6.45) is 3.70. The fourth-order valence-corrected chi connectivity index (χ4v) is 2.55. The van der Waals surface area contributed by atoms with Crippen LogP contribution in [0.4, 0.5) is 5.69 Å². The molecule has 0 unspecified atom stereocenters. The lowest BCUT2D eigenvalue weighted by atomic mass is 10.1. The lowest BCUT2D eigenvalue weighted by Gasteiger charge is -2.08. The summed E-state index contributed by atoms with van der Waals surface area (Å²) in [6.45, 7) is 4.17. The first kappa shape index (κ1) is 16.6. The minimum Gasteiger partial charge on any atom is -0.331 e. The van der Waals surface area contributed by atoms with Crippen LogP contribution in [0.1, 0.15) is 39.0 Å². The van der Waals surface area contributed by atoms with Crippen LogP contribution in [-0.4, -0.2) is 21.2 Å². The highest BCUT2D eigenvalue weighted by atomic mass is 16.1. The van der Waals surface area contributed by atoms with Gasteiger partial charge in [-0.25, -0.2) is 4.98 Å². The Morgan fingerprint density at radius 2 is 1.84 bits per heavy atom. The molecule has 25 heavy (non-hydrogen) atoms. The number of ketones is 1. The van der Waals surface area contributed by atoms with Gasteiger partial charge >= 0.3 is 0 Å². The van der Waals surface area contributed by atoms with E-state index < -0.39 is 0 Å². The van der Waals surface area contributed by atoms with Crippen molar-refractivity contribution in [3.05, 3.63) is 83.4 Å². The SMILES string of the molecule is CC(=O)c1cccc(NC(=O)c2ccc(Cn3ccnc3C)cc2)c1. The largest absolute Gasteiger partial charge is 0.331 e. The summed E-state index contributed by atoms with van der Waals surface area (Å²) >= 11 is 0. The molecule has 3 aromatic rings. The van der Waals surface area contributed by atoms with Crippen LogP contribution in [0, 0.1) is 6.92 Å². The highest BCUT2D eigenvalue weighted by Crippen LogP contribution is 2.14. The van der Waals surface area contributed by atoms with Gasteiger partial charge in [0.1, 0.15) is 5.82 Å². The molecule has 0 aliphatic heterocycles. The maximum atomic E-state index is 12.4. The van der Waals surface area contributed by atoms with E-state index in [0.29, 0.717) is 23.4 Å². The number of Topliss-reactive ketones (excluding diaryl/α,β-unsaturated/α-hetero) is 1. The smallest absolute Gasteiger partial charge is 0.255 e. The summed E-state index contributed by atoms with van der Waals surface area (Å²) in [5.41, 5.74) is 2.84. The molecular formula is C20H19N3O2. The molecule has 1 amide bonds. The van der Waals surface area contributed by atoms with Crippen molar-refractivity contribution in [2.24, 2.45) is 0 Å². The van der Waals surface area contributed by atoms with E-state index in [1.807, 2.05) is 29.8 Å². The first-order chi connectivity index (χ1) is 12.0. The van der Waals surface area contributed by atoms with Crippen LogP contribution in [0.3, 0.4) is 0 Å². The molecule has 2 aromatic carbocycles. The van der Waals surface area contributed by atoms with Crippen LogP contribution < -0.4 is 5.32 Å². The average Bonchev–Trinajstić information content (AvgIpc) is 3.00. The van der Waals surface area contributed by atoms with Crippen LogP contribution in [0.2, 0.25) is 0 Å². The zero-order chi connectivity index (χ0) is 17.8. The van der Waals surface area contributed by atoms with E-state index in [1.54, 1.807) is 42.6 Å². The number of carbonyl (C=O) groups is 2. The number of anilines is 1. The number of hydrogen-bond donors (Lipinski definition) is 1. The predicted molar refractivity (Wildman–Crippen MR) is 96.9 cm³/mol. The molecular weight excluding hydrogens is 314 g/mol.